The van der Waals surface area contributed by atoms with Gasteiger partial charge in [-0.25, -0.2) is 4.98 Å². The van der Waals surface area contributed by atoms with Crippen molar-refractivity contribution in [2.75, 3.05) is 25.2 Å². The summed E-state index contributed by atoms with van der Waals surface area (Å²) in [5, 5.41) is 0. The lowest BCUT2D eigenvalue weighted by molar-refractivity contribution is -0.117. The van der Waals surface area contributed by atoms with Crippen molar-refractivity contribution in [1.29, 1.82) is 0 Å². The number of fused-ring (bicyclic) bond motifs is 1. The van der Waals surface area contributed by atoms with E-state index < -0.39 is 0 Å². The molecule has 1 aliphatic rings. The van der Waals surface area contributed by atoms with E-state index in [1.165, 1.54) is 0 Å². The van der Waals surface area contributed by atoms with E-state index in [0.717, 1.165) is 34.7 Å². The van der Waals surface area contributed by atoms with Crippen molar-refractivity contribution in [2.45, 2.75) is 25.8 Å². The maximum absolute atomic E-state index is 12.7. The van der Waals surface area contributed by atoms with Gasteiger partial charge in [0.2, 0.25) is 5.91 Å². The number of aryl methyl sites for hydroxylation is 1. The molecule has 1 fully saturated rings. The number of aromatic nitrogens is 2. The molecule has 0 spiro atoms. The summed E-state index contributed by atoms with van der Waals surface area (Å²) < 4.78 is 7.49. The van der Waals surface area contributed by atoms with E-state index in [0.29, 0.717) is 19.6 Å². The highest BCUT2D eigenvalue weighted by Crippen LogP contribution is 2.34. The Bertz CT molecular complexity index is 947. The van der Waals surface area contributed by atoms with Crippen molar-refractivity contribution in [1.82, 2.24) is 9.55 Å². The number of anilines is 1. The molecule has 5 nitrogen and oxygen atoms in total. The highest BCUT2D eigenvalue weighted by Gasteiger charge is 2.35. The molecule has 0 radical (unpaired) electrons. The van der Waals surface area contributed by atoms with Gasteiger partial charge in [0.05, 0.1) is 17.6 Å². The number of amides is 1. The minimum absolute atomic E-state index is 0.0892. The first-order valence-electron chi connectivity index (χ1n) is 8.99. The highest BCUT2D eigenvalue weighted by atomic mass is 16.5. The van der Waals surface area contributed by atoms with Crippen LogP contribution in [0.5, 0.6) is 0 Å². The van der Waals surface area contributed by atoms with Crippen molar-refractivity contribution in [2.24, 2.45) is 0 Å². The van der Waals surface area contributed by atoms with Crippen LogP contribution in [0.3, 0.4) is 0 Å². The summed E-state index contributed by atoms with van der Waals surface area (Å²) in [6.45, 7) is 4.07. The van der Waals surface area contributed by atoms with Crippen molar-refractivity contribution in [3.8, 4) is 0 Å². The first-order chi connectivity index (χ1) is 12.7. The van der Waals surface area contributed by atoms with Crippen LogP contribution in [-0.2, 0) is 16.1 Å². The number of hydrogen-bond acceptors (Lipinski definition) is 3. The predicted molar refractivity (Wildman–Crippen MR) is 102 cm³/mol. The summed E-state index contributed by atoms with van der Waals surface area (Å²) >= 11 is 0. The molecule has 4 rings (SSSR count). The van der Waals surface area contributed by atoms with E-state index >= 15 is 0 Å². The smallest absolute Gasteiger partial charge is 0.227 e. The van der Waals surface area contributed by atoms with Crippen LogP contribution in [-0.4, -0.2) is 35.7 Å². The van der Waals surface area contributed by atoms with Crippen LogP contribution in [0.1, 0.15) is 23.7 Å². The van der Waals surface area contributed by atoms with Gasteiger partial charge in [0.25, 0.3) is 0 Å². The van der Waals surface area contributed by atoms with Crippen LogP contribution in [0.2, 0.25) is 0 Å². The van der Waals surface area contributed by atoms with Gasteiger partial charge in [-0.15, -0.1) is 0 Å². The Balaban J connectivity index is 1.70. The Labute approximate surface area is 153 Å². The number of ether oxygens (including phenoxy) is 1. The third-order valence-corrected chi connectivity index (χ3v) is 5.10. The summed E-state index contributed by atoms with van der Waals surface area (Å²) in [6.07, 6.45) is 0.491. The second kappa shape index (κ2) is 6.92. The first kappa shape index (κ1) is 16.8. The first-order valence-corrected chi connectivity index (χ1v) is 8.99. The summed E-state index contributed by atoms with van der Waals surface area (Å²) in [5.74, 6) is 1.23. The lowest BCUT2D eigenvalue weighted by atomic mass is 10.1. The molecule has 1 aliphatic heterocycles. The Morgan fingerprint density at radius 2 is 1.92 bits per heavy atom. The maximum atomic E-state index is 12.7. The molecule has 5 heteroatoms. The molecule has 0 N–H and O–H groups in total. The molecule has 1 atom stereocenters. The number of nitrogens with zero attached hydrogens (tertiary/aromatic N) is 3. The van der Waals surface area contributed by atoms with Gasteiger partial charge < -0.3 is 14.2 Å². The Hall–Kier alpha value is -2.66. The standard InChI is InChI=1S/C21H23N3O2/c1-15-7-3-5-9-18(15)24-14-16(13-20(24)25)21-22-17-8-4-6-10-19(17)23(21)11-12-26-2/h3-10,16H,11-14H2,1-2H3/t16-/m0/s1. The van der Waals surface area contributed by atoms with E-state index in [9.17, 15) is 4.79 Å². The second-order valence-corrected chi connectivity index (χ2v) is 6.80. The molecule has 2 heterocycles. The van der Waals surface area contributed by atoms with Crippen LogP contribution in [0.4, 0.5) is 5.69 Å². The van der Waals surface area contributed by atoms with Crippen LogP contribution in [0.25, 0.3) is 11.0 Å². The number of rotatable bonds is 5. The lowest BCUT2D eigenvalue weighted by Gasteiger charge is -2.19. The Morgan fingerprint density at radius 3 is 2.73 bits per heavy atom. The normalized spacial score (nSPS) is 17.4. The molecule has 0 unspecified atom stereocenters. The maximum Gasteiger partial charge on any atom is 0.227 e. The van der Waals surface area contributed by atoms with Crippen molar-refractivity contribution < 1.29 is 9.53 Å². The van der Waals surface area contributed by atoms with Gasteiger partial charge in [-0.2, -0.15) is 0 Å². The van der Waals surface area contributed by atoms with Gasteiger partial charge in [0, 0.05) is 38.2 Å². The summed E-state index contributed by atoms with van der Waals surface area (Å²) in [4.78, 5) is 19.5. The quantitative estimate of drug-likeness (QED) is 0.708. The van der Waals surface area contributed by atoms with E-state index in [4.69, 9.17) is 9.72 Å². The molecule has 26 heavy (non-hydrogen) atoms. The average molecular weight is 349 g/mol. The van der Waals surface area contributed by atoms with E-state index in [-0.39, 0.29) is 11.8 Å². The number of methoxy groups -OCH3 is 1. The molecule has 0 aliphatic carbocycles. The van der Waals surface area contributed by atoms with E-state index in [1.807, 2.05) is 54.3 Å². The molecular weight excluding hydrogens is 326 g/mol. The minimum Gasteiger partial charge on any atom is -0.383 e. The van der Waals surface area contributed by atoms with Crippen LogP contribution in [0.15, 0.2) is 48.5 Å². The molecule has 1 amide bonds. The van der Waals surface area contributed by atoms with Gasteiger partial charge >= 0.3 is 0 Å². The van der Waals surface area contributed by atoms with Crippen molar-refractivity contribution in [3.63, 3.8) is 0 Å². The highest BCUT2D eigenvalue weighted by molar-refractivity contribution is 5.97. The number of carbonyl (C=O) groups is 1. The molecule has 3 aromatic rings. The molecule has 0 bridgehead atoms. The fourth-order valence-electron chi connectivity index (χ4n) is 3.80. The third kappa shape index (κ3) is 2.88. The van der Waals surface area contributed by atoms with Gasteiger partial charge in [0.1, 0.15) is 5.82 Å². The fraction of sp³-hybridized carbons (Fsp3) is 0.333. The summed E-state index contributed by atoms with van der Waals surface area (Å²) in [7, 11) is 1.71. The van der Waals surface area contributed by atoms with Gasteiger partial charge in [-0.3, -0.25) is 4.79 Å². The average Bonchev–Trinajstić information content (AvgIpc) is 3.21. The number of imidazole rings is 1. The van der Waals surface area contributed by atoms with Crippen molar-refractivity contribution >= 4 is 22.6 Å². The number of carbonyl (C=O) groups excluding carboxylic acids is 1. The largest absolute Gasteiger partial charge is 0.383 e. The minimum atomic E-state index is 0.0892. The Morgan fingerprint density at radius 1 is 1.15 bits per heavy atom. The predicted octanol–water partition coefficient (Wildman–Crippen LogP) is 3.51. The van der Waals surface area contributed by atoms with E-state index in [1.54, 1.807) is 7.11 Å². The van der Waals surface area contributed by atoms with Crippen LogP contribution < -0.4 is 4.90 Å². The second-order valence-electron chi connectivity index (χ2n) is 6.80. The topological polar surface area (TPSA) is 47.4 Å². The van der Waals surface area contributed by atoms with Crippen LogP contribution in [0, 0.1) is 6.92 Å². The monoisotopic (exact) mass is 349 g/mol. The summed E-state index contributed by atoms with van der Waals surface area (Å²) in [5.41, 5.74) is 4.19. The van der Waals surface area contributed by atoms with Gasteiger partial charge in [-0.05, 0) is 30.7 Å². The van der Waals surface area contributed by atoms with Crippen molar-refractivity contribution in [3.05, 3.63) is 59.9 Å². The molecule has 1 saturated heterocycles. The molecular formula is C21H23N3O2. The van der Waals surface area contributed by atoms with Crippen LogP contribution >= 0.6 is 0 Å². The van der Waals surface area contributed by atoms with Gasteiger partial charge in [0.15, 0.2) is 0 Å². The zero-order valence-corrected chi connectivity index (χ0v) is 15.2. The molecule has 2 aromatic carbocycles. The zero-order valence-electron chi connectivity index (χ0n) is 15.2. The fourth-order valence-corrected chi connectivity index (χ4v) is 3.80. The lowest BCUT2D eigenvalue weighted by Crippen LogP contribution is -2.25. The molecule has 1 aromatic heterocycles. The van der Waals surface area contributed by atoms with Gasteiger partial charge in [-0.1, -0.05) is 30.3 Å². The number of para-hydroxylation sites is 3. The number of hydrogen-bond donors (Lipinski definition) is 0. The molecule has 0 saturated carbocycles. The summed E-state index contributed by atoms with van der Waals surface area (Å²) in [6, 6.07) is 16.2. The van der Waals surface area contributed by atoms with E-state index in [2.05, 4.69) is 10.6 Å². The third-order valence-electron chi connectivity index (χ3n) is 5.10. The zero-order chi connectivity index (χ0) is 18.1. The SMILES string of the molecule is COCCn1c([C@H]2CC(=O)N(c3ccccc3C)C2)nc2ccccc21. The number of benzene rings is 2. The molecule has 134 valence electrons. The Kier molecular flexibility index (Phi) is 4.47.